The predicted molar refractivity (Wildman–Crippen MR) is 71.6 cm³/mol. The van der Waals surface area contributed by atoms with Crippen LogP contribution >= 0.6 is 12.4 Å². The van der Waals surface area contributed by atoms with Gasteiger partial charge < -0.3 is 10.5 Å². The second-order valence-electron chi connectivity index (χ2n) is 4.40. The van der Waals surface area contributed by atoms with Crippen molar-refractivity contribution in [3.63, 3.8) is 0 Å². The van der Waals surface area contributed by atoms with Gasteiger partial charge in [0, 0.05) is 6.04 Å². The average Bonchev–Trinajstić information content (AvgIpc) is 2.35. The molecule has 1 aromatic rings. The minimum Gasteiger partial charge on any atom is -0.497 e. The van der Waals surface area contributed by atoms with E-state index >= 15 is 0 Å². The number of hydrogen-bond acceptors (Lipinski definition) is 2. The summed E-state index contributed by atoms with van der Waals surface area (Å²) in [6.45, 7) is 3.87. The topological polar surface area (TPSA) is 35.2 Å². The Morgan fingerprint density at radius 1 is 1.26 bits per heavy atom. The monoisotopic (exact) mass is 297 g/mol. The molecule has 0 amide bonds. The largest absolute Gasteiger partial charge is 0.497 e. The number of methoxy groups -OCH3 is 1. The summed E-state index contributed by atoms with van der Waals surface area (Å²) in [5.74, 6) is 0.289. The van der Waals surface area contributed by atoms with E-state index in [1.807, 2.05) is 13.8 Å². The van der Waals surface area contributed by atoms with Crippen molar-refractivity contribution in [2.24, 2.45) is 11.7 Å². The van der Waals surface area contributed by atoms with Gasteiger partial charge in [0.25, 0.3) is 0 Å². The van der Waals surface area contributed by atoms with Crippen LogP contribution in [-0.2, 0) is 6.18 Å². The van der Waals surface area contributed by atoms with E-state index in [1.165, 1.54) is 7.11 Å². The van der Waals surface area contributed by atoms with E-state index < -0.39 is 17.8 Å². The van der Waals surface area contributed by atoms with Gasteiger partial charge in [0.1, 0.15) is 5.75 Å². The maximum atomic E-state index is 12.7. The minimum atomic E-state index is -4.39. The molecule has 19 heavy (non-hydrogen) atoms. The Hall–Kier alpha value is -0.940. The van der Waals surface area contributed by atoms with Gasteiger partial charge in [-0.1, -0.05) is 20.3 Å². The van der Waals surface area contributed by atoms with E-state index in [9.17, 15) is 13.2 Å². The standard InChI is InChI=1S/C13H18F3NO.ClH/c1-4-8(2)12(17)9-5-10(13(14,15)16)7-11(6-9)18-3;/h5-8,12H,4,17H2,1-3H3;1H/t8?,12-;/m0./s1. The van der Waals surface area contributed by atoms with Crippen LogP contribution in [0.15, 0.2) is 18.2 Å². The van der Waals surface area contributed by atoms with Gasteiger partial charge in [0.05, 0.1) is 12.7 Å². The quantitative estimate of drug-likeness (QED) is 0.905. The van der Waals surface area contributed by atoms with Crippen LogP contribution in [0.4, 0.5) is 13.2 Å². The lowest BCUT2D eigenvalue weighted by atomic mass is 9.92. The normalized spacial score (nSPS) is 14.5. The molecule has 0 spiro atoms. The first kappa shape index (κ1) is 18.1. The van der Waals surface area contributed by atoms with E-state index in [0.717, 1.165) is 18.6 Å². The van der Waals surface area contributed by atoms with Gasteiger partial charge in [-0.3, -0.25) is 0 Å². The molecule has 1 aromatic carbocycles. The maximum Gasteiger partial charge on any atom is 0.416 e. The molecule has 0 radical (unpaired) electrons. The van der Waals surface area contributed by atoms with Crippen LogP contribution in [0, 0.1) is 5.92 Å². The minimum absolute atomic E-state index is 0. The Labute approximate surface area is 117 Å². The number of benzene rings is 1. The Morgan fingerprint density at radius 2 is 1.84 bits per heavy atom. The molecule has 0 aliphatic carbocycles. The van der Waals surface area contributed by atoms with Gasteiger partial charge in [0.15, 0.2) is 0 Å². The molecule has 0 aromatic heterocycles. The Morgan fingerprint density at radius 3 is 2.26 bits per heavy atom. The smallest absolute Gasteiger partial charge is 0.416 e. The number of rotatable bonds is 4. The van der Waals surface area contributed by atoms with Crippen LogP contribution in [0.25, 0.3) is 0 Å². The molecule has 0 heterocycles. The Kier molecular flexibility index (Phi) is 6.66. The van der Waals surface area contributed by atoms with Gasteiger partial charge in [-0.2, -0.15) is 13.2 Å². The average molecular weight is 298 g/mol. The Bertz CT molecular complexity index is 409. The van der Waals surface area contributed by atoms with Crippen molar-refractivity contribution in [2.45, 2.75) is 32.5 Å². The van der Waals surface area contributed by atoms with E-state index in [1.54, 1.807) is 6.07 Å². The summed E-state index contributed by atoms with van der Waals surface area (Å²) in [6.07, 6.45) is -3.59. The first-order chi connectivity index (χ1) is 8.29. The maximum absolute atomic E-state index is 12.7. The zero-order valence-electron chi connectivity index (χ0n) is 11.1. The zero-order valence-corrected chi connectivity index (χ0v) is 11.9. The third kappa shape index (κ3) is 4.58. The molecule has 0 fully saturated rings. The van der Waals surface area contributed by atoms with Crippen LogP contribution in [0.3, 0.4) is 0 Å². The molecule has 2 nitrogen and oxygen atoms in total. The fourth-order valence-electron chi connectivity index (χ4n) is 1.68. The van der Waals surface area contributed by atoms with Crippen LogP contribution in [-0.4, -0.2) is 7.11 Å². The van der Waals surface area contributed by atoms with E-state index in [2.05, 4.69) is 0 Å². The number of nitrogens with two attached hydrogens (primary N) is 1. The summed E-state index contributed by atoms with van der Waals surface area (Å²) in [5, 5.41) is 0. The van der Waals surface area contributed by atoms with Crippen LogP contribution in [0.1, 0.15) is 37.4 Å². The summed E-state index contributed by atoms with van der Waals surface area (Å²) in [6, 6.07) is 3.21. The van der Waals surface area contributed by atoms with E-state index in [0.29, 0.717) is 5.56 Å². The van der Waals surface area contributed by atoms with Crippen molar-refractivity contribution in [1.29, 1.82) is 0 Å². The highest BCUT2D eigenvalue weighted by Crippen LogP contribution is 2.35. The van der Waals surface area contributed by atoms with Crippen molar-refractivity contribution in [3.8, 4) is 5.75 Å². The molecule has 1 rings (SSSR count). The van der Waals surface area contributed by atoms with Gasteiger partial charge in [-0.05, 0) is 29.7 Å². The highest BCUT2D eigenvalue weighted by molar-refractivity contribution is 5.85. The fourth-order valence-corrected chi connectivity index (χ4v) is 1.68. The molecule has 2 atom stereocenters. The molecular weight excluding hydrogens is 279 g/mol. The highest BCUT2D eigenvalue weighted by Gasteiger charge is 2.32. The summed E-state index contributed by atoms with van der Waals surface area (Å²) in [4.78, 5) is 0. The number of hydrogen-bond donors (Lipinski definition) is 1. The lowest BCUT2D eigenvalue weighted by Gasteiger charge is -2.20. The molecule has 0 saturated heterocycles. The van der Waals surface area contributed by atoms with E-state index in [-0.39, 0.29) is 24.1 Å². The summed E-state index contributed by atoms with van der Waals surface area (Å²) < 4.78 is 43.1. The second-order valence-corrected chi connectivity index (χ2v) is 4.40. The first-order valence-electron chi connectivity index (χ1n) is 5.81. The summed E-state index contributed by atoms with van der Waals surface area (Å²) in [7, 11) is 1.34. The lowest BCUT2D eigenvalue weighted by Crippen LogP contribution is -2.19. The SMILES string of the molecule is CCC(C)[C@H](N)c1cc(OC)cc(C(F)(F)F)c1.Cl. The highest BCUT2D eigenvalue weighted by atomic mass is 35.5. The second kappa shape index (κ2) is 7.01. The fraction of sp³-hybridized carbons (Fsp3) is 0.538. The molecule has 0 aliphatic heterocycles. The van der Waals surface area contributed by atoms with Gasteiger partial charge in [-0.25, -0.2) is 0 Å². The van der Waals surface area contributed by atoms with Gasteiger partial charge in [-0.15, -0.1) is 12.4 Å². The molecule has 0 bridgehead atoms. The third-order valence-electron chi connectivity index (χ3n) is 3.13. The van der Waals surface area contributed by atoms with Crippen LogP contribution in [0.5, 0.6) is 5.75 Å². The lowest BCUT2D eigenvalue weighted by molar-refractivity contribution is -0.137. The van der Waals surface area contributed by atoms with Crippen LogP contribution in [0.2, 0.25) is 0 Å². The van der Waals surface area contributed by atoms with Crippen molar-refractivity contribution in [1.82, 2.24) is 0 Å². The molecule has 2 N–H and O–H groups in total. The van der Waals surface area contributed by atoms with E-state index in [4.69, 9.17) is 10.5 Å². The Balaban J connectivity index is 0.00000324. The number of alkyl halides is 3. The van der Waals surface area contributed by atoms with Crippen LogP contribution < -0.4 is 10.5 Å². The van der Waals surface area contributed by atoms with Crippen molar-refractivity contribution >= 4 is 12.4 Å². The number of ether oxygens (including phenoxy) is 1. The molecule has 0 aliphatic rings. The molecule has 1 unspecified atom stereocenters. The van der Waals surface area contributed by atoms with Crippen molar-refractivity contribution < 1.29 is 17.9 Å². The zero-order chi connectivity index (χ0) is 13.9. The summed E-state index contributed by atoms with van der Waals surface area (Å²) >= 11 is 0. The molecule has 110 valence electrons. The third-order valence-corrected chi connectivity index (χ3v) is 3.13. The van der Waals surface area contributed by atoms with Crippen molar-refractivity contribution in [2.75, 3.05) is 7.11 Å². The molecular formula is C13H19ClF3NO. The van der Waals surface area contributed by atoms with Gasteiger partial charge >= 0.3 is 6.18 Å². The molecule has 6 heteroatoms. The number of halogens is 4. The van der Waals surface area contributed by atoms with Crippen molar-refractivity contribution in [3.05, 3.63) is 29.3 Å². The summed E-state index contributed by atoms with van der Waals surface area (Å²) in [5.41, 5.74) is 5.69. The predicted octanol–water partition coefficient (Wildman–Crippen LogP) is 4.18. The first-order valence-corrected chi connectivity index (χ1v) is 5.81. The van der Waals surface area contributed by atoms with Gasteiger partial charge in [0.2, 0.25) is 0 Å². The molecule has 0 saturated carbocycles.